The summed E-state index contributed by atoms with van der Waals surface area (Å²) in [5.41, 5.74) is 8.35. The number of carbonyl (C=O) groups is 1. The van der Waals surface area contributed by atoms with Gasteiger partial charge in [-0.2, -0.15) is 0 Å². The Morgan fingerprint density at radius 3 is 2.02 bits per heavy atom. The molecule has 0 spiro atoms. The second kappa shape index (κ2) is 14.1. The van der Waals surface area contributed by atoms with E-state index in [1.165, 1.54) is 16.7 Å². The molecule has 5 nitrogen and oxygen atoms in total. The molecule has 5 heteroatoms. The van der Waals surface area contributed by atoms with Crippen molar-refractivity contribution in [3.63, 3.8) is 0 Å². The van der Waals surface area contributed by atoms with Crippen LogP contribution in [0.3, 0.4) is 0 Å². The molecule has 6 rings (SSSR count). The Morgan fingerprint density at radius 2 is 1.42 bits per heavy atom. The third kappa shape index (κ3) is 6.62. The van der Waals surface area contributed by atoms with Gasteiger partial charge in [-0.05, 0) is 96.3 Å². The van der Waals surface area contributed by atoms with Gasteiger partial charge in [-0.15, -0.1) is 0 Å². The molecule has 0 unspecified atom stereocenters. The van der Waals surface area contributed by atoms with Crippen molar-refractivity contribution in [1.29, 1.82) is 0 Å². The summed E-state index contributed by atoms with van der Waals surface area (Å²) in [7, 11) is 1.64. The van der Waals surface area contributed by atoms with Crippen LogP contribution < -0.4 is 4.74 Å². The topological polar surface area (TPSA) is 54.0 Å². The monoisotopic (exact) mass is 604 g/mol. The molecule has 1 aliphatic carbocycles. The lowest BCUT2D eigenvalue weighted by Gasteiger charge is -2.46. The summed E-state index contributed by atoms with van der Waals surface area (Å²) in [5, 5.41) is 0. The van der Waals surface area contributed by atoms with Crippen molar-refractivity contribution in [2.45, 2.75) is 84.1 Å². The molecule has 4 aromatic carbocycles. The maximum Gasteiger partial charge on any atom is 0.193 e. The standard InChI is InChI=1S/C40H44O5/c1-5-36-27(3)38(43-24-28-13-8-6-9-14-28)40(44-25-29-15-10-7-11-16-29)39(45-36)34-23-35(33-18-12-17-32(33)26(34)2)37(41)30-19-21-31(42-4)22-20-30/h6-11,13-16,19-23,27,36,38-40H,5,12,17-18,24-25H2,1-4H3/t27-,36+,38-,39-,40-/m0/s1. The number of hydrogen-bond donors (Lipinski definition) is 0. The first-order valence-corrected chi connectivity index (χ1v) is 16.3. The van der Waals surface area contributed by atoms with Crippen LogP contribution in [0.5, 0.6) is 5.75 Å². The van der Waals surface area contributed by atoms with Crippen molar-refractivity contribution in [2.75, 3.05) is 7.11 Å². The third-order valence-electron chi connectivity index (χ3n) is 9.65. The molecule has 1 saturated heterocycles. The lowest BCUT2D eigenvalue weighted by molar-refractivity contribution is -0.235. The molecule has 1 aliphatic heterocycles. The maximum absolute atomic E-state index is 14.1. The minimum atomic E-state index is -0.385. The van der Waals surface area contributed by atoms with Crippen LogP contribution in [0.2, 0.25) is 0 Å². The molecular formula is C40H44O5. The number of carbonyl (C=O) groups excluding carboxylic acids is 1. The highest BCUT2D eigenvalue weighted by molar-refractivity contribution is 6.10. The van der Waals surface area contributed by atoms with Gasteiger partial charge >= 0.3 is 0 Å². The first-order chi connectivity index (χ1) is 22.0. The summed E-state index contributed by atoms with van der Waals surface area (Å²) in [5.74, 6) is 0.884. The van der Waals surface area contributed by atoms with E-state index >= 15 is 0 Å². The highest BCUT2D eigenvalue weighted by atomic mass is 16.6. The minimum Gasteiger partial charge on any atom is -0.497 e. The molecule has 45 heavy (non-hydrogen) atoms. The zero-order chi connectivity index (χ0) is 31.3. The molecule has 0 bridgehead atoms. The van der Waals surface area contributed by atoms with Gasteiger partial charge in [-0.1, -0.05) is 74.5 Å². The normalized spacial score (nSPS) is 22.6. The van der Waals surface area contributed by atoms with Gasteiger partial charge < -0.3 is 18.9 Å². The molecule has 234 valence electrons. The molecule has 5 atom stereocenters. The molecule has 0 amide bonds. The van der Waals surface area contributed by atoms with Gasteiger partial charge in [0.25, 0.3) is 0 Å². The van der Waals surface area contributed by atoms with Crippen LogP contribution >= 0.6 is 0 Å². The Hall–Kier alpha value is -3.77. The van der Waals surface area contributed by atoms with Crippen LogP contribution in [0.4, 0.5) is 0 Å². The second-order valence-corrected chi connectivity index (χ2v) is 12.4. The predicted octanol–water partition coefficient (Wildman–Crippen LogP) is 8.38. The molecule has 1 heterocycles. The number of benzene rings is 4. The van der Waals surface area contributed by atoms with E-state index in [1.54, 1.807) is 7.11 Å². The highest BCUT2D eigenvalue weighted by Gasteiger charge is 2.46. The average Bonchev–Trinajstić information content (AvgIpc) is 3.59. The van der Waals surface area contributed by atoms with Gasteiger partial charge in [0.15, 0.2) is 5.78 Å². The quantitative estimate of drug-likeness (QED) is 0.161. The fourth-order valence-electron chi connectivity index (χ4n) is 7.13. The SMILES string of the molecule is CC[C@H]1O[C@@H](c2cc(C(=O)c3ccc(OC)cc3)c3c(c2C)CCC3)[C@@H](OCc2ccccc2)[C@@H](OCc2ccccc2)[C@H]1C. The number of ketones is 1. The summed E-state index contributed by atoms with van der Waals surface area (Å²) < 4.78 is 26.0. The van der Waals surface area contributed by atoms with E-state index in [1.807, 2.05) is 60.7 Å². The van der Waals surface area contributed by atoms with E-state index < -0.39 is 0 Å². The fourth-order valence-corrected chi connectivity index (χ4v) is 7.13. The number of hydrogen-bond acceptors (Lipinski definition) is 5. The van der Waals surface area contributed by atoms with Crippen LogP contribution in [-0.2, 0) is 40.3 Å². The number of fused-ring (bicyclic) bond motifs is 1. The van der Waals surface area contributed by atoms with Crippen molar-refractivity contribution < 1.29 is 23.7 Å². The summed E-state index contributed by atoms with van der Waals surface area (Å²) >= 11 is 0. The van der Waals surface area contributed by atoms with E-state index in [0.717, 1.165) is 53.7 Å². The maximum atomic E-state index is 14.1. The van der Waals surface area contributed by atoms with Gasteiger partial charge in [-0.25, -0.2) is 0 Å². The summed E-state index contributed by atoms with van der Waals surface area (Å²) in [6.45, 7) is 7.52. The second-order valence-electron chi connectivity index (χ2n) is 12.4. The lowest BCUT2D eigenvalue weighted by Crippen LogP contribution is -2.52. The summed E-state index contributed by atoms with van der Waals surface area (Å²) in [6, 6.07) is 30.1. The molecule has 0 N–H and O–H groups in total. The Bertz CT molecular complexity index is 1580. The molecular weight excluding hydrogens is 560 g/mol. The first-order valence-electron chi connectivity index (χ1n) is 16.3. The van der Waals surface area contributed by atoms with Gasteiger partial charge in [0.1, 0.15) is 18.0 Å². The molecule has 1 fully saturated rings. The summed E-state index contributed by atoms with van der Waals surface area (Å²) in [4.78, 5) is 14.1. The molecule has 0 radical (unpaired) electrons. The Balaban J connectivity index is 1.41. The lowest BCUT2D eigenvalue weighted by atomic mass is 9.81. The Kier molecular flexibility index (Phi) is 9.79. The van der Waals surface area contributed by atoms with Crippen molar-refractivity contribution >= 4 is 5.78 Å². The van der Waals surface area contributed by atoms with Crippen molar-refractivity contribution in [3.05, 3.63) is 136 Å². The molecule has 2 aliphatic rings. The van der Waals surface area contributed by atoms with Crippen LogP contribution in [-0.4, -0.2) is 31.2 Å². The third-order valence-corrected chi connectivity index (χ3v) is 9.65. The number of methoxy groups -OCH3 is 1. The Morgan fingerprint density at radius 1 is 0.822 bits per heavy atom. The van der Waals surface area contributed by atoms with Crippen molar-refractivity contribution in [2.24, 2.45) is 5.92 Å². The van der Waals surface area contributed by atoms with Gasteiger partial charge in [-0.3, -0.25) is 4.79 Å². The van der Waals surface area contributed by atoms with Gasteiger partial charge in [0, 0.05) is 17.0 Å². The zero-order valence-electron chi connectivity index (χ0n) is 26.8. The van der Waals surface area contributed by atoms with E-state index in [-0.39, 0.29) is 36.1 Å². The smallest absolute Gasteiger partial charge is 0.193 e. The molecule has 0 saturated carbocycles. The number of rotatable bonds is 11. The highest BCUT2D eigenvalue weighted by Crippen LogP contribution is 2.44. The predicted molar refractivity (Wildman–Crippen MR) is 177 cm³/mol. The Labute approximate surface area is 267 Å². The van der Waals surface area contributed by atoms with Crippen LogP contribution in [0.15, 0.2) is 91.0 Å². The van der Waals surface area contributed by atoms with Gasteiger partial charge in [0.2, 0.25) is 0 Å². The van der Waals surface area contributed by atoms with Crippen LogP contribution in [0.1, 0.15) is 82.1 Å². The van der Waals surface area contributed by atoms with Crippen LogP contribution in [0.25, 0.3) is 0 Å². The average molecular weight is 605 g/mol. The van der Waals surface area contributed by atoms with Crippen molar-refractivity contribution in [3.8, 4) is 5.75 Å². The zero-order valence-corrected chi connectivity index (χ0v) is 26.8. The van der Waals surface area contributed by atoms with E-state index in [0.29, 0.717) is 18.8 Å². The van der Waals surface area contributed by atoms with E-state index in [4.69, 9.17) is 18.9 Å². The minimum absolute atomic E-state index is 0.0132. The molecule has 0 aromatic heterocycles. The fraction of sp³-hybridized carbons (Fsp3) is 0.375. The van der Waals surface area contributed by atoms with Crippen LogP contribution in [0, 0.1) is 12.8 Å². The van der Waals surface area contributed by atoms with Crippen molar-refractivity contribution in [1.82, 2.24) is 0 Å². The number of ether oxygens (including phenoxy) is 4. The molecule has 4 aromatic rings. The summed E-state index contributed by atoms with van der Waals surface area (Å²) in [6.07, 6.45) is 2.80. The largest absolute Gasteiger partial charge is 0.497 e. The van der Waals surface area contributed by atoms with Gasteiger partial charge in [0.05, 0.1) is 32.5 Å². The van der Waals surface area contributed by atoms with E-state index in [9.17, 15) is 4.79 Å². The van der Waals surface area contributed by atoms with E-state index in [2.05, 4.69) is 51.1 Å². The first kappa shape index (κ1) is 31.2.